The molecule has 386 valence electrons. The maximum Gasteiger partial charge on any atom is 0.127 e. The number of hydrogen-bond acceptors (Lipinski definition) is 9. The molecule has 0 aliphatic carbocycles. The van der Waals surface area contributed by atoms with E-state index in [0.717, 1.165) is 67.2 Å². The molecule has 9 rings (SSSR count). The lowest BCUT2D eigenvalue weighted by Gasteiger charge is -2.32. The van der Waals surface area contributed by atoms with Crippen molar-refractivity contribution in [3.8, 4) is 34.5 Å². The maximum atomic E-state index is 6.91. The second kappa shape index (κ2) is 26.6. The van der Waals surface area contributed by atoms with Crippen LogP contribution in [0.2, 0.25) is 0 Å². The number of ether oxygens (including phenoxy) is 6. The Morgan fingerprint density at radius 2 is 0.603 bits per heavy atom. The summed E-state index contributed by atoms with van der Waals surface area (Å²) in [6, 6.07) is 76.8. The van der Waals surface area contributed by atoms with Gasteiger partial charge in [0.05, 0.1) is 60.5 Å². The highest BCUT2D eigenvalue weighted by Gasteiger charge is 2.33. The standard InChI is InChI=1S/C69H59N3O6/c1-5-69(48-76-57-36-39-66(73-2)60(42-57)63(51-24-12-6-13-25-51)45-70-54-30-18-9-19-31-54,49-77-58-37-40-67(74-3)61(43-58)64(52-26-14-7-15-27-52)46-71-55-32-20-10-21-33-55)50-78-59-38-41-68(75-4)62(44-59)65(53-28-16-8-17-29-53)47-72-56-34-22-11-23-35-56/h6-44H,5,48-50H2,1-4H3. The summed E-state index contributed by atoms with van der Waals surface area (Å²) in [4.78, 5) is 14.3. The SMILES string of the molecule is CCC(COc1ccc(OC)c(C(=C=Nc2ccccc2)c2ccccc2)c1)(COc1ccc(OC)c(C(=C=Nc2ccccc2)c2ccccc2)c1)COc1ccc(OC)c(C(=C=Nc2ccccc2)c2ccccc2)c1. The molecule has 9 nitrogen and oxygen atoms in total. The minimum atomic E-state index is -0.729. The van der Waals surface area contributed by atoms with Gasteiger partial charge in [-0.15, -0.1) is 0 Å². The normalized spacial score (nSPS) is 11.2. The topological polar surface area (TPSA) is 92.5 Å². The Balaban J connectivity index is 1.09. The van der Waals surface area contributed by atoms with Gasteiger partial charge in [-0.05, 0) is 132 Å². The number of nitrogens with zero attached hydrogens (tertiary/aromatic N) is 3. The van der Waals surface area contributed by atoms with Crippen molar-refractivity contribution in [1.29, 1.82) is 0 Å². The van der Waals surface area contributed by atoms with Crippen molar-refractivity contribution in [3.63, 3.8) is 0 Å². The van der Waals surface area contributed by atoms with Crippen LogP contribution >= 0.6 is 0 Å². The highest BCUT2D eigenvalue weighted by atomic mass is 16.5. The summed E-state index contributed by atoms with van der Waals surface area (Å²) in [7, 11) is 4.98. The molecule has 0 amide bonds. The van der Waals surface area contributed by atoms with Crippen LogP contribution in [0.4, 0.5) is 17.1 Å². The zero-order valence-electron chi connectivity index (χ0n) is 44.1. The largest absolute Gasteiger partial charge is 0.496 e. The highest BCUT2D eigenvalue weighted by Crippen LogP contribution is 2.38. The van der Waals surface area contributed by atoms with Gasteiger partial charge in [0.1, 0.15) is 54.3 Å². The van der Waals surface area contributed by atoms with Crippen LogP contribution < -0.4 is 28.4 Å². The first-order valence-electron chi connectivity index (χ1n) is 25.7. The molecule has 0 spiro atoms. The molecule has 0 bridgehead atoms. The number of benzene rings is 9. The number of methoxy groups -OCH3 is 3. The van der Waals surface area contributed by atoms with Crippen LogP contribution in [0.3, 0.4) is 0 Å². The summed E-state index contributed by atoms with van der Waals surface area (Å²) in [5.41, 5.74) is 8.90. The fourth-order valence-corrected chi connectivity index (χ4v) is 8.58. The van der Waals surface area contributed by atoms with E-state index in [4.69, 9.17) is 43.4 Å². The van der Waals surface area contributed by atoms with Crippen LogP contribution in [0.15, 0.2) is 252 Å². The average molecular weight is 1030 g/mol. The van der Waals surface area contributed by atoms with Crippen molar-refractivity contribution in [3.05, 3.63) is 270 Å². The molecule has 0 heterocycles. The average Bonchev–Trinajstić information content (AvgIpc) is 3.52. The molecule has 9 heteroatoms. The lowest BCUT2D eigenvalue weighted by atomic mass is 9.87. The Morgan fingerprint density at radius 1 is 0.346 bits per heavy atom. The van der Waals surface area contributed by atoms with Crippen LogP contribution in [0, 0.1) is 5.41 Å². The van der Waals surface area contributed by atoms with E-state index in [2.05, 4.69) is 24.5 Å². The van der Waals surface area contributed by atoms with E-state index < -0.39 is 5.41 Å². The van der Waals surface area contributed by atoms with Crippen molar-refractivity contribution >= 4 is 51.4 Å². The summed E-state index contributed by atoms with van der Waals surface area (Å²) in [5, 5.41) is 0. The molecule has 0 saturated heterocycles. The van der Waals surface area contributed by atoms with Gasteiger partial charge < -0.3 is 28.4 Å². The van der Waals surface area contributed by atoms with E-state index in [1.54, 1.807) is 21.3 Å². The summed E-state index contributed by atoms with van der Waals surface area (Å²) >= 11 is 0. The molecule has 0 saturated carbocycles. The first-order chi connectivity index (χ1) is 38.4. The molecule has 0 aliphatic rings. The van der Waals surface area contributed by atoms with Crippen LogP contribution in [-0.4, -0.2) is 58.8 Å². The van der Waals surface area contributed by atoms with Gasteiger partial charge >= 0.3 is 0 Å². The number of para-hydroxylation sites is 3. The van der Waals surface area contributed by atoms with Crippen molar-refractivity contribution in [2.24, 2.45) is 20.4 Å². The molecular formula is C69H59N3O6. The lowest BCUT2D eigenvalue weighted by molar-refractivity contribution is 0.0293. The zero-order chi connectivity index (χ0) is 53.8. The predicted molar refractivity (Wildman–Crippen MR) is 316 cm³/mol. The number of hydrogen-bond donors (Lipinski definition) is 0. The molecule has 0 aliphatic heterocycles. The van der Waals surface area contributed by atoms with E-state index in [-0.39, 0.29) is 19.8 Å². The Kier molecular flexibility index (Phi) is 18.0. The van der Waals surface area contributed by atoms with Crippen LogP contribution in [0.25, 0.3) is 16.7 Å². The zero-order valence-corrected chi connectivity index (χ0v) is 44.1. The maximum absolute atomic E-state index is 6.91. The molecule has 9 aromatic rings. The van der Waals surface area contributed by atoms with Gasteiger partial charge in [0.25, 0.3) is 0 Å². The molecule has 0 radical (unpaired) electrons. The third-order valence-electron chi connectivity index (χ3n) is 13.1. The van der Waals surface area contributed by atoms with Crippen LogP contribution in [0.1, 0.15) is 46.7 Å². The van der Waals surface area contributed by atoms with Gasteiger partial charge in [0.2, 0.25) is 0 Å². The summed E-state index contributed by atoms with van der Waals surface area (Å²) < 4.78 is 38.6. The second-order valence-corrected chi connectivity index (χ2v) is 18.2. The quantitative estimate of drug-likeness (QED) is 0.0628. The van der Waals surface area contributed by atoms with Crippen LogP contribution in [-0.2, 0) is 0 Å². The summed E-state index contributed by atoms with van der Waals surface area (Å²) in [5.74, 6) is 13.8. The molecule has 0 N–H and O–H groups in total. The smallest absolute Gasteiger partial charge is 0.127 e. The molecule has 0 unspecified atom stereocenters. The molecule has 9 aromatic carbocycles. The third-order valence-corrected chi connectivity index (χ3v) is 13.1. The predicted octanol–water partition coefficient (Wildman–Crippen LogP) is 15.9. The monoisotopic (exact) mass is 1030 g/mol. The number of aliphatic imine (C=N–C) groups is 3. The Hall–Kier alpha value is -9.87. The van der Waals surface area contributed by atoms with E-state index in [0.29, 0.717) is 40.9 Å². The molecule has 0 atom stereocenters. The minimum absolute atomic E-state index is 0.210. The number of rotatable bonds is 22. The summed E-state index contributed by atoms with van der Waals surface area (Å²) in [6.45, 7) is 2.75. The minimum Gasteiger partial charge on any atom is -0.496 e. The van der Waals surface area contributed by atoms with Crippen LogP contribution in [0.5, 0.6) is 34.5 Å². The van der Waals surface area contributed by atoms with E-state index in [1.807, 2.05) is 237 Å². The molecule has 78 heavy (non-hydrogen) atoms. The molecule has 0 aromatic heterocycles. The van der Waals surface area contributed by atoms with Gasteiger partial charge in [-0.2, -0.15) is 0 Å². The Morgan fingerprint density at radius 3 is 0.846 bits per heavy atom. The van der Waals surface area contributed by atoms with Crippen molar-refractivity contribution < 1.29 is 28.4 Å². The third kappa shape index (κ3) is 13.7. The first-order valence-corrected chi connectivity index (χ1v) is 25.7. The van der Waals surface area contributed by atoms with Gasteiger partial charge in [-0.25, -0.2) is 15.0 Å². The van der Waals surface area contributed by atoms with E-state index >= 15 is 0 Å². The van der Waals surface area contributed by atoms with Crippen molar-refractivity contribution in [1.82, 2.24) is 0 Å². The lowest BCUT2D eigenvalue weighted by Crippen LogP contribution is -2.40. The Bertz CT molecular complexity index is 3230. The van der Waals surface area contributed by atoms with Gasteiger partial charge in [-0.1, -0.05) is 153 Å². The van der Waals surface area contributed by atoms with Gasteiger partial charge in [-0.3, -0.25) is 0 Å². The van der Waals surface area contributed by atoms with Crippen molar-refractivity contribution in [2.45, 2.75) is 13.3 Å². The van der Waals surface area contributed by atoms with Crippen molar-refractivity contribution in [2.75, 3.05) is 41.2 Å². The Labute approximate surface area is 457 Å². The van der Waals surface area contributed by atoms with E-state index in [1.165, 1.54) is 0 Å². The first kappa shape index (κ1) is 53.0. The van der Waals surface area contributed by atoms with E-state index in [9.17, 15) is 0 Å². The van der Waals surface area contributed by atoms with Gasteiger partial charge in [0, 0.05) is 16.7 Å². The molecular weight excluding hydrogens is 967 g/mol. The highest BCUT2D eigenvalue weighted by molar-refractivity contribution is 6.03. The summed E-state index contributed by atoms with van der Waals surface area (Å²) in [6.07, 6.45) is 0.610. The van der Waals surface area contributed by atoms with Gasteiger partial charge in [0.15, 0.2) is 0 Å². The second-order valence-electron chi connectivity index (χ2n) is 18.2. The molecule has 0 fully saturated rings. The fourth-order valence-electron chi connectivity index (χ4n) is 8.58. The fraction of sp³-hybridized carbons (Fsp3) is 0.130.